The van der Waals surface area contributed by atoms with E-state index in [1.807, 2.05) is 0 Å². The zero-order valence-corrected chi connectivity index (χ0v) is 10.4. The lowest BCUT2D eigenvalue weighted by Gasteiger charge is -2.27. The fraction of sp³-hybridized carbons (Fsp3) is 0.273. The molecule has 1 radical (unpaired) electrons. The Hall–Kier alpha value is -1.82. The number of alkyl halides is 1. The van der Waals surface area contributed by atoms with Gasteiger partial charge in [0.15, 0.2) is 0 Å². The minimum absolute atomic E-state index is 0.0690. The molecule has 2 N–H and O–H groups in total. The van der Waals surface area contributed by atoms with Gasteiger partial charge in [0.2, 0.25) is 0 Å². The van der Waals surface area contributed by atoms with Gasteiger partial charge in [0.25, 0.3) is 5.69 Å². The van der Waals surface area contributed by atoms with Gasteiger partial charge in [-0.25, -0.2) is 4.79 Å². The Morgan fingerprint density at radius 1 is 1.67 bits per heavy atom. The third-order valence-electron chi connectivity index (χ3n) is 2.50. The maximum absolute atomic E-state index is 10.7. The molecule has 1 aromatic carbocycles. The zero-order valence-electron chi connectivity index (χ0n) is 9.64. The van der Waals surface area contributed by atoms with Crippen LogP contribution in [0.25, 0.3) is 0 Å². The number of nitro groups is 1. The van der Waals surface area contributed by atoms with E-state index in [-0.39, 0.29) is 12.1 Å². The van der Waals surface area contributed by atoms with Gasteiger partial charge in [-0.2, -0.15) is 0 Å². The van der Waals surface area contributed by atoms with Gasteiger partial charge in [-0.3, -0.25) is 15.4 Å². The first kappa shape index (κ1) is 14.2. The lowest BCUT2D eigenvalue weighted by atomic mass is 9.98. The molecule has 0 saturated carbocycles. The van der Waals surface area contributed by atoms with Crippen LogP contribution in [0.3, 0.4) is 0 Å². The van der Waals surface area contributed by atoms with Crippen LogP contribution in [0.2, 0.25) is 0 Å². The molecule has 0 fully saturated rings. The van der Waals surface area contributed by atoms with Crippen LogP contribution in [0.15, 0.2) is 18.2 Å². The van der Waals surface area contributed by atoms with E-state index in [1.165, 1.54) is 18.2 Å². The molecule has 97 valence electrons. The Balaban J connectivity index is 3.22. The van der Waals surface area contributed by atoms with Crippen molar-refractivity contribution in [3.05, 3.63) is 46.4 Å². The van der Waals surface area contributed by atoms with Crippen LogP contribution in [0.5, 0.6) is 0 Å². The second kappa shape index (κ2) is 5.22. The van der Waals surface area contributed by atoms with E-state index < -0.39 is 16.0 Å². The maximum atomic E-state index is 10.7. The summed E-state index contributed by atoms with van der Waals surface area (Å²) in [6.07, 6.45) is -1.22. The molecule has 0 spiro atoms. The number of halogens is 1. The molecule has 0 aliphatic rings. The predicted octanol–water partition coefficient (Wildman–Crippen LogP) is 2.79. The summed E-state index contributed by atoms with van der Waals surface area (Å²) in [6, 6.07) is 4.05. The van der Waals surface area contributed by atoms with E-state index >= 15 is 0 Å². The van der Waals surface area contributed by atoms with Gasteiger partial charge >= 0.3 is 6.09 Å². The Bertz CT molecular complexity index is 492. The Kier molecular flexibility index (Phi) is 4.13. The van der Waals surface area contributed by atoms with E-state index in [0.717, 1.165) is 0 Å². The highest BCUT2D eigenvalue weighted by Gasteiger charge is 2.31. The van der Waals surface area contributed by atoms with Crippen LogP contribution in [0.1, 0.15) is 17.5 Å². The first-order chi connectivity index (χ1) is 8.30. The van der Waals surface area contributed by atoms with Crippen molar-refractivity contribution in [2.75, 3.05) is 0 Å². The van der Waals surface area contributed by atoms with Crippen molar-refractivity contribution in [3.8, 4) is 0 Å². The van der Waals surface area contributed by atoms with Crippen LogP contribution in [0, 0.1) is 24.0 Å². The molecular weight excluding hydrogens is 260 g/mol. The second-order valence-electron chi connectivity index (χ2n) is 3.74. The Labute approximate surface area is 109 Å². The molecular formula is C11H12ClN2O4. The number of aryl methyl sites for hydroxylation is 1. The number of hydrogen-bond acceptors (Lipinski definition) is 3. The Morgan fingerprint density at radius 2 is 2.28 bits per heavy atom. The van der Waals surface area contributed by atoms with Crippen molar-refractivity contribution in [2.24, 2.45) is 0 Å². The quantitative estimate of drug-likeness (QED) is 0.381. The van der Waals surface area contributed by atoms with Crippen molar-refractivity contribution in [3.63, 3.8) is 0 Å². The summed E-state index contributed by atoms with van der Waals surface area (Å²) in [5.41, 5.74) is 0.901. The van der Waals surface area contributed by atoms with Gasteiger partial charge in [-0.05, 0) is 37.5 Å². The SMILES string of the molecule is [CH2]CC(Cl)(NC(=O)O)c1ccc([N+](=O)[O-])cc1C. The molecule has 1 rings (SSSR count). The minimum atomic E-state index is -1.38. The molecule has 1 amide bonds. The average Bonchev–Trinajstić information content (AvgIpc) is 2.27. The van der Waals surface area contributed by atoms with Crippen LogP contribution in [-0.2, 0) is 5.00 Å². The number of benzene rings is 1. The number of carboxylic acid groups (broad SMARTS) is 1. The smallest absolute Gasteiger partial charge is 0.406 e. The number of nitro benzene ring substituents is 1. The molecule has 1 aromatic rings. The fourth-order valence-electron chi connectivity index (χ4n) is 1.64. The maximum Gasteiger partial charge on any atom is 0.406 e. The summed E-state index contributed by atoms with van der Waals surface area (Å²) in [5, 5.41) is 21.5. The van der Waals surface area contributed by atoms with Crippen molar-refractivity contribution in [2.45, 2.75) is 18.3 Å². The molecule has 6 nitrogen and oxygen atoms in total. The largest absolute Gasteiger partial charge is 0.465 e. The van der Waals surface area contributed by atoms with Crippen LogP contribution < -0.4 is 5.32 Å². The first-order valence-corrected chi connectivity index (χ1v) is 5.43. The van der Waals surface area contributed by atoms with Crippen LogP contribution in [-0.4, -0.2) is 16.1 Å². The van der Waals surface area contributed by atoms with E-state index in [1.54, 1.807) is 6.92 Å². The Morgan fingerprint density at radius 3 is 2.67 bits per heavy atom. The molecule has 1 atom stereocenters. The van der Waals surface area contributed by atoms with E-state index in [9.17, 15) is 14.9 Å². The van der Waals surface area contributed by atoms with Gasteiger partial charge in [0, 0.05) is 12.1 Å². The standard InChI is InChI=1S/C11H12ClN2O4/c1-3-11(12,13-10(15)16)9-5-4-8(14(17)18)6-7(9)2/h4-6,13H,1,3H2,2H3,(H,15,16). The highest BCUT2D eigenvalue weighted by molar-refractivity contribution is 6.24. The summed E-state index contributed by atoms with van der Waals surface area (Å²) in [7, 11) is 0. The molecule has 0 aliphatic heterocycles. The second-order valence-corrected chi connectivity index (χ2v) is 4.38. The topological polar surface area (TPSA) is 92.5 Å². The molecule has 0 saturated heterocycles. The summed E-state index contributed by atoms with van der Waals surface area (Å²) in [4.78, 5) is 19.4. The summed E-state index contributed by atoms with van der Waals surface area (Å²) >= 11 is 6.16. The number of carbonyl (C=O) groups is 1. The molecule has 0 aliphatic carbocycles. The van der Waals surface area contributed by atoms with Crippen molar-refractivity contribution >= 4 is 23.4 Å². The van der Waals surface area contributed by atoms with Crippen LogP contribution >= 0.6 is 11.6 Å². The summed E-state index contributed by atoms with van der Waals surface area (Å²) < 4.78 is 0. The lowest BCUT2D eigenvalue weighted by molar-refractivity contribution is -0.384. The third-order valence-corrected chi connectivity index (χ3v) is 2.98. The monoisotopic (exact) mass is 271 g/mol. The number of amides is 1. The molecule has 0 heterocycles. The zero-order chi connectivity index (χ0) is 13.9. The van der Waals surface area contributed by atoms with Gasteiger partial charge < -0.3 is 5.11 Å². The lowest BCUT2D eigenvalue weighted by Crippen LogP contribution is -2.40. The van der Waals surface area contributed by atoms with Gasteiger partial charge in [0.05, 0.1) is 4.92 Å². The van der Waals surface area contributed by atoms with Crippen molar-refractivity contribution < 1.29 is 14.8 Å². The first-order valence-electron chi connectivity index (χ1n) is 5.05. The third kappa shape index (κ3) is 2.89. The van der Waals surface area contributed by atoms with Gasteiger partial charge in [0.1, 0.15) is 5.00 Å². The van der Waals surface area contributed by atoms with Gasteiger partial charge in [-0.1, -0.05) is 11.6 Å². The number of rotatable bonds is 4. The van der Waals surface area contributed by atoms with Crippen molar-refractivity contribution in [1.82, 2.24) is 5.32 Å². The van der Waals surface area contributed by atoms with Crippen LogP contribution in [0.4, 0.5) is 10.5 Å². The summed E-state index contributed by atoms with van der Waals surface area (Å²) in [6.45, 7) is 5.22. The highest BCUT2D eigenvalue weighted by atomic mass is 35.5. The summed E-state index contributed by atoms with van der Waals surface area (Å²) in [5.74, 6) is 0. The fourth-order valence-corrected chi connectivity index (χ4v) is 1.93. The minimum Gasteiger partial charge on any atom is -0.465 e. The van der Waals surface area contributed by atoms with E-state index in [4.69, 9.17) is 16.7 Å². The van der Waals surface area contributed by atoms with E-state index in [2.05, 4.69) is 12.2 Å². The van der Waals surface area contributed by atoms with Gasteiger partial charge in [-0.15, -0.1) is 0 Å². The molecule has 18 heavy (non-hydrogen) atoms. The predicted molar refractivity (Wildman–Crippen MR) is 66.5 cm³/mol. The van der Waals surface area contributed by atoms with Crippen molar-refractivity contribution in [1.29, 1.82) is 0 Å². The highest BCUT2D eigenvalue weighted by Crippen LogP contribution is 2.33. The molecule has 0 aromatic heterocycles. The number of hydrogen-bond donors (Lipinski definition) is 2. The normalized spacial score (nSPS) is 13.7. The molecule has 7 heteroatoms. The number of nitrogens with zero attached hydrogens (tertiary/aromatic N) is 1. The van der Waals surface area contributed by atoms with E-state index in [0.29, 0.717) is 11.1 Å². The molecule has 1 unspecified atom stereocenters. The molecule has 0 bridgehead atoms. The number of non-ortho nitro benzene ring substituents is 1. The number of nitrogens with one attached hydrogen (secondary N) is 1. The average molecular weight is 272 g/mol.